The molecule has 0 spiro atoms. The van der Waals surface area contributed by atoms with Crippen molar-refractivity contribution < 1.29 is 4.79 Å². The number of carbonyl (C=O) groups is 1. The van der Waals surface area contributed by atoms with E-state index in [0.29, 0.717) is 23.7 Å². The minimum absolute atomic E-state index is 0.0942. The first kappa shape index (κ1) is 19.2. The third-order valence-corrected chi connectivity index (χ3v) is 5.29. The Kier molecular flexibility index (Phi) is 5.61. The molecule has 0 saturated heterocycles. The van der Waals surface area contributed by atoms with Crippen molar-refractivity contribution in [2.24, 2.45) is 5.73 Å². The van der Waals surface area contributed by atoms with Gasteiger partial charge in [-0.05, 0) is 63.4 Å². The number of benzene rings is 4. The van der Waals surface area contributed by atoms with Gasteiger partial charge >= 0.3 is 0 Å². The molecule has 0 aliphatic heterocycles. The lowest BCUT2D eigenvalue weighted by Gasteiger charge is -2.10. The fourth-order valence-electron chi connectivity index (χ4n) is 3.42. The van der Waals surface area contributed by atoms with E-state index in [0.717, 1.165) is 33.0 Å². The number of halogens is 1. The normalized spacial score (nSPS) is 10.8. The molecule has 4 aromatic rings. The van der Waals surface area contributed by atoms with Gasteiger partial charge in [-0.1, -0.05) is 66.2 Å². The molecule has 0 heterocycles. The largest absolute Gasteiger partial charge is 0.348 e. The molecule has 0 aromatic heterocycles. The van der Waals surface area contributed by atoms with Crippen LogP contribution in [0.2, 0.25) is 5.02 Å². The van der Waals surface area contributed by atoms with E-state index in [-0.39, 0.29) is 5.91 Å². The van der Waals surface area contributed by atoms with Crippen molar-refractivity contribution in [3.05, 3.63) is 107 Å². The van der Waals surface area contributed by atoms with Gasteiger partial charge in [-0.25, -0.2) is 0 Å². The van der Waals surface area contributed by atoms with Crippen LogP contribution in [0.1, 0.15) is 21.5 Å². The van der Waals surface area contributed by atoms with E-state index in [1.165, 1.54) is 0 Å². The molecule has 0 fully saturated rings. The molecule has 4 aromatic carbocycles. The second kappa shape index (κ2) is 8.48. The number of hydrogen-bond acceptors (Lipinski definition) is 2. The highest BCUT2D eigenvalue weighted by molar-refractivity contribution is 6.30. The van der Waals surface area contributed by atoms with Crippen LogP contribution < -0.4 is 11.1 Å². The van der Waals surface area contributed by atoms with Gasteiger partial charge in [-0.3, -0.25) is 4.79 Å². The fourth-order valence-corrected chi connectivity index (χ4v) is 3.54. The van der Waals surface area contributed by atoms with Gasteiger partial charge in [0, 0.05) is 23.7 Å². The molecule has 0 unspecified atom stereocenters. The van der Waals surface area contributed by atoms with Crippen LogP contribution in [-0.4, -0.2) is 5.91 Å². The molecular weight excluding hydrogens is 380 g/mol. The first-order chi connectivity index (χ1) is 14.1. The number of hydrogen-bond donors (Lipinski definition) is 2. The summed E-state index contributed by atoms with van der Waals surface area (Å²) < 4.78 is 0. The maximum absolute atomic E-state index is 12.6. The van der Waals surface area contributed by atoms with E-state index in [4.69, 9.17) is 17.3 Å². The number of amides is 1. The third-order valence-electron chi connectivity index (χ3n) is 5.03. The quantitative estimate of drug-likeness (QED) is 0.461. The van der Waals surface area contributed by atoms with Crippen molar-refractivity contribution in [3.8, 4) is 11.1 Å². The van der Waals surface area contributed by atoms with Crippen LogP contribution >= 0.6 is 11.6 Å². The molecule has 0 atom stereocenters. The Balaban J connectivity index is 1.47. The average Bonchev–Trinajstić information content (AvgIpc) is 2.77. The van der Waals surface area contributed by atoms with Crippen LogP contribution in [0, 0.1) is 0 Å². The van der Waals surface area contributed by atoms with Gasteiger partial charge in [0.15, 0.2) is 0 Å². The van der Waals surface area contributed by atoms with Gasteiger partial charge in [0.2, 0.25) is 0 Å². The molecule has 3 N–H and O–H groups in total. The van der Waals surface area contributed by atoms with Crippen LogP contribution in [0.5, 0.6) is 0 Å². The molecule has 4 rings (SSSR count). The second-order valence-corrected chi connectivity index (χ2v) is 7.38. The summed E-state index contributed by atoms with van der Waals surface area (Å²) in [4.78, 5) is 12.6. The highest BCUT2D eigenvalue weighted by Crippen LogP contribution is 2.23. The summed E-state index contributed by atoms with van der Waals surface area (Å²) >= 11 is 5.94. The predicted molar refractivity (Wildman–Crippen MR) is 120 cm³/mol. The molecule has 0 aliphatic rings. The molecule has 0 aliphatic carbocycles. The van der Waals surface area contributed by atoms with Crippen molar-refractivity contribution >= 4 is 28.3 Å². The number of rotatable bonds is 5. The first-order valence-electron chi connectivity index (χ1n) is 9.49. The minimum atomic E-state index is -0.0942. The Hall–Kier alpha value is -3.14. The monoisotopic (exact) mass is 400 g/mol. The number of fused-ring (bicyclic) bond motifs is 1. The summed E-state index contributed by atoms with van der Waals surface area (Å²) in [7, 11) is 0. The van der Waals surface area contributed by atoms with Gasteiger partial charge in [0.05, 0.1) is 0 Å². The summed E-state index contributed by atoms with van der Waals surface area (Å²) in [5.74, 6) is -0.0942. The van der Waals surface area contributed by atoms with E-state index < -0.39 is 0 Å². The molecule has 29 heavy (non-hydrogen) atoms. The molecule has 144 valence electrons. The molecule has 0 bridgehead atoms. The lowest BCUT2D eigenvalue weighted by molar-refractivity contribution is 0.0951. The Labute approximate surface area is 175 Å². The van der Waals surface area contributed by atoms with Gasteiger partial charge in [0.25, 0.3) is 5.91 Å². The fraction of sp³-hybridized carbons (Fsp3) is 0.0800. The Morgan fingerprint density at radius 1 is 0.862 bits per heavy atom. The summed E-state index contributed by atoms with van der Waals surface area (Å²) in [5.41, 5.74) is 10.7. The van der Waals surface area contributed by atoms with Crippen LogP contribution in [0.15, 0.2) is 84.9 Å². The zero-order valence-electron chi connectivity index (χ0n) is 15.9. The smallest absolute Gasteiger partial charge is 0.251 e. The topological polar surface area (TPSA) is 55.1 Å². The van der Waals surface area contributed by atoms with Crippen molar-refractivity contribution in [1.29, 1.82) is 0 Å². The Morgan fingerprint density at radius 3 is 2.24 bits per heavy atom. The first-order valence-corrected chi connectivity index (χ1v) is 9.86. The molecular formula is C25H21ClN2O. The maximum Gasteiger partial charge on any atom is 0.251 e. The van der Waals surface area contributed by atoms with Crippen LogP contribution in [-0.2, 0) is 13.1 Å². The van der Waals surface area contributed by atoms with Crippen molar-refractivity contribution in [2.75, 3.05) is 0 Å². The number of nitrogens with two attached hydrogens (primary N) is 1. The number of nitrogens with one attached hydrogen (secondary N) is 1. The standard InChI is InChI=1S/C25H21ClN2O/c26-23-11-9-19(10-12-23)18-5-7-20(8-6-18)25(29)28-16-22-3-1-2-21-14-17(15-27)4-13-24(21)22/h1-14H,15-16,27H2,(H,28,29). The van der Waals surface area contributed by atoms with Gasteiger partial charge in [-0.2, -0.15) is 0 Å². The maximum atomic E-state index is 12.6. The minimum Gasteiger partial charge on any atom is -0.348 e. The van der Waals surface area contributed by atoms with E-state index in [9.17, 15) is 4.79 Å². The van der Waals surface area contributed by atoms with E-state index in [1.807, 2.05) is 66.7 Å². The van der Waals surface area contributed by atoms with Crippen LogP contribution in [0.25, 0.3) is 21.9 Å². The van der Waals surface area contributed by atoms with Crippen molar-refractivity contribution in [1.82, 2.24) is 5.32 Å². The number of carbonyl (C=O) groups excluding carboxylic acids is 1. The van der Waals surface area contributed by atoms with Crippen molar-refractivity contribution in [2.45, 2.75) is 13.1 Å². The van der Waals surface area contributed by atoms with Crippen LogP contribution in [0.4, 0.5) is 0 Å². The van der Waals surface area contributed by atoms with Crippen molar-refractivity contribution in [3.63, 3.8) is 0 Å². The summed E-state index contributed by atoms with van der Waals surface area (Å²) in [6, 6.07) is 27.5. The lowest BCUT2D eigenvalue weighted by Crippen LogP contribution is -2.22. The molecule has 1 amide bonds. The Morgan fingerprint density at radius 2 is 1.55 bits per heavy atom. The molecule has 3 nitrogen and oxygen atoms in total. The average molecular weight is 401 g/mol. The summed E-state index contributed by atoms with van der Waals surface area (Å²) in [6.45, 7) is 0.986. The highest BCUT2D eigenvalue weighted by Gasteiger charge is 2.08. The SMILES string of the molecule is NCc1ccc2c(CNC(=O)c3ccc(-c4ccc(Cl)cc4)cc3)cccc2c1. The summed E-state index contributed by atoms with van der Waals surface area (Å²) in [5, 5.41) is 5.99. The lowest BCUT2D eigenvalue weighted by atomic mass is 10.0. The van der Waals surface area contributed by atoms with E-state index >= 15 is 0 Å². The zero-order valence-corrected chi connectivity index (χ0v) is 16.6. The Bertz CT molecular complexity index is 1150. The second-order valence-electron chi connectivity index (χ2n) is 6.94. The molecule has 0 radical (unpaired) electrons. The highest BCUT2D eigenvalue weighted by atomic mass is 35.5. The van der Waals surface area contributed by atoms with E-state index in [2.05, 4.69) is 23.5 Å². The van der Waals surface area contributed by atoms with Crippen LogP contribution in [0.3, 0.4) is 0 Å². The molecule has 0 saturated carbocycles. The molecule has 4 heteroatoms. The van der Waals surface area contributed by atoms with Gasteiger partial charge < -0.3 is 11.1 Å². The van der Waals surface area contributed by atoms with E-state index in [1.54, 1.807) is 0 Å². The van der Waals surface area contributed by atoms with Gasteiger partial charge in [-0.15, -0.1) is 0 Å². The zero-order chi connectivity index (χ0) is 20.2. The summed E-state index contributed by atoms with van der Waals surface area (Å²) in [6.07, 6.45) is 0. The predicted octanol–water partition coefficient (Wildman–Crippen LogP) is 5.55. The third kappa shape index (κ3) is 4.32. The van der Waals surface area contributed by atoms with Gasteiger partial charge in [0.1, 0.15) is 0 Å².